The Bertz CT molecular complexity index is 462. The van der Waals surface area contributed by atoms with Gasteiger partial charge in [-0.2, -0.15) is 5.26 Å². The van der Waals surface area contributed by atoms with E-state index in [9.17, 15) is 9.59 Å². The summed E-state index contributed by atoms with van der Waals surface area (Å²) in [5.74, 6) is 0.177. The summed E-state index contributed by atoms with van der Waals surface area (Å²) >= 11 is 5.31. The number of nitriles is 1. The van der Waals surface area contributed by atoms with Crippen molar-refractivity contribution >= 4 is 23.1 Å². The average molecular weight is 224 g/mol. The number of methoxy groups -OCH3 is 1. The number of carbonyl (C=O) groups excluding carboxylic acids is 2. The van der Waals surface area contributed by atoms with Crippen LogP contribution >= 0.6 is 11.6 Å². The smallest absolute Gasteiger partial charge is 0.256 e. The Hall–Kier alpha value is -1.86. The lowest BCUT2D eigenvalue weighted by Crippen LogP contribution is -2.03. The SMILES string of the molecule is COc1ccc(C#N)c(C=O)c1C(=O)Cl. The van der Waals surface area contributed by atoms with Crippen LogP contribution in [0.5, 0.6) is 5.75 Å². The second kappa shape index (κ2) is 4.58. The van der Waals surface area contributed by atoms with Crippen LogP contribution < -0.4 is 4.74 Å². The Kier molecular flexibility index (Phi) is 3.42. The molecule has 0 aliphatic heterocycles. The minimum absolute atomic E-state index is 0.0446. The van der Waals surface area contributed by atoms with Gasteiger partial charge in [-0.1, -0.05) is 0 Å². The Morgan fingerprint density at radius 2 is 2.27 bits per heavy atom. The van der Waals surface area contributed by atoms with Crippen molar-refractivity contribution in [2.24, 2.45) is 0 Å². The molecular formula is C10H6ClNO3. The number of rotatable bonds is 3. The van der Waals surface area contributed by atoms with Crippen molar-refractivity contribution in [1.82, 2.24) is 0 Å². The molecule has 0 spiro atoms. The number of carbonyl (C=O) groups is 2. The standard InChI is InChI=1S/C10H6ClNO3/c1-15-8-3-2-6(4-12)7(5-13)9(8)10(11)14/h2-3,5H,1H3. The van der Waals surface area contributed by atoms with Crippen LogP contribution in [0, 0.1) is 11.3 Å². The van der Waals surface area contributed by atoms with E-state index in [1.165, 1.54) is 19.2 Å². The quantitative estimate of drug-likeness (QED) is 0.578. The van der Waals surface area contributed by atoms with Crippen molar-refractivity contribution in [2.75, 3.05) is 7.11 Å². The number of halogens is 1. The fourth-order valence-corrected chi connectivity index (χ4v) is 1.39. The summed E-state index contributed by atoms with van der Waals surface area (Å²) < 4.78 is 4.88. The first-order valence-electron chi connectivity index (χ1n) is 3.91. The molecular weight excluding hydrogens is 218 g/mol. The summed E-state index contributed by atoms with van der Waals surface area (Å²) in [5, 5.41) is 7.89. The van der Waals surface area contributed by atoms with Crippen molar-refractivity contribution in [3.63, 3.8) is 0 Å². The zero-order valence-electron chi connectivity index (χ0n) is 7.78. The molecule has 0 aliphatic rings. The summed E-state index contributed by atoms with van der Waals surface area (Å²) in [6, 6.07) is 4.61. The zero-order chi connectivity index (χ0) is 11.4. The van der Waals surface area contributed by atoms with Crippen molar-refractivity contribution in [3.8, 4) is 11.8 Å². The highest BCUT2D eigenvalue weighted by molar-refractivity contribution is 6.68. The second-order valence-electron chi connectivity index (χ2n) is 2.61. The lowest BCUT2D eigenvalue weighted by Gasteiger charge is -2.07. The van der Waals surface area contributed by atoms with Crippen molar-refractivity contribution < 1.29 is 14.3 Å². The van der Waals surface area contributed by atoms with E-state index in [2.05, 4.69) is 0 Å². The van der Waals surface area contributed by atoms with Crippen LogP contribution in [0.4, 0.5) is 0 Å². The molecule has 0 atom stereocenters. The molecule has 1 aromatic rings. The average Bonchev–Trinajstić information content (AvgIpc) is 2.26. The van der Waals surface area contributed by atoms with Gasteiger partial charge in [-0.15, -0.1) is 0 Å². The van der Waals surface area contributed by atoms with Gasteiger partial charge in [0.2, 0.25) is 0 Å². The van der Waals surface area contributed by atoms with Gasteiger partial charge in [0.15, 0.2) is 6.29 Å². The molecule has 76 valence electrons. The van der Waals surface area contributed by atoms with E-state index in [0.29, 0.717) is 6.29 Å². The Labute approximate surface area is 91.0 Å². The summed E-state index contributed by atoms with van der Waals surface area (Å²) in [6.45, 7) is 0. The van der Waals surface area contributed by atoms with E-state index in [1.54, 1.807) is 6.07 Å². The summed E-state index contributed by atoms with van der Waals surface area (Å²) in [4.78, 5) is 21.9. The molecule has 0 saturated carbocycles. The van der Waals surface area contributed by atoms with E-state index in [1.807, 2.05) is 0 Å². The van der Waals surface area contributed by atoms with Gasteiger partial charge in [0, 0.05) is 5.56 Å². The summed E-state index contributed by atoms with van der Waals surface area (Å²) in [7, 11) is 1.35. The molecule has 0 bridgehead atoms. The lowest BCUT2D eigenvalue weighted by atomic mass is 10.0. The number of aldehydes is 1. The molecule has 1 aromatic carbocycles. The molecule has 0 N–H and O–H groups in total. The molecule has 0 fully saturated rings. The predicted octanol–water partition coefficient (Wildman–Crippen LogP) is 1.76. The molecule has 0 saturated heterocycles. The highest BCUT2D eigenvalue weighted by Crippen LogP contribution is 2.25. The second-order valence-corrected chi connectivity index (χ2v) is 2.95. The molecule has 4 nitrogen and oxygen atoms in total. The molecule has 0 radical (unpaired) electrons. The molecule has 1 rings (SSSR count). The van der Waals surface area contributed by atoms with Gasteiger partial charge in [-0.3, -0.25) is 9.59 Å². The van der Waals surface area contributed by atoms with Crippen LogP contribution in [-0.4, -0.2) is 18.6 Å². The first-order valence-corrected chi connectivity index (χ1v) is 4.29. The largest absolute Gasteiger partial charge is 0.496 e. The normalized spacial score (nSPS) is 9.13. The molecule has 0 heterocycles. The summed E-state index contributed by atoms with van der Waals surface area (Å²) in [5.41, 5.74) is -0.0279. The van der Waals surface area contributed by atoms with Gasteiger partial charge in [0.25, 0.3) is 5.24 Å². The first kappa shape index (κ1) is 11.2. The minimum Gasteiger partial charge on any atom is -0.496 e. The number of nitrogens with zero attached hydrogens (tertiary/aromatic N) is 1. The third-order valence-electron chi connectivity index (χ3n) is 1.86. The third kappa shape index (κ3) is 1.97. The lowest BCUT2D eigenvalue weighted by molar-refractivity contribution is 0.106. The van der Waals surface area contributed by atoms with Gasteiger partial charge in [0.1, 0.15) is 5.75 Å². The predicted molar refractivity (Wildman–Crippen MR) is 53.3 cm³/mol. The van der Waals surface area contributed by atoms with Gasteiger partial charge < -0.3 is 4.74 Å². The van der Waals surface area contributed by atoms with Crippen molar-refractivity contribution in [1.29, 1.82) is 5.26 Å². The van der Waals surface area contributed by atoms with E-state index in [0.717, 1.165) is 0 Å². The van der Waals surface area contributed by atoms with Crippen LogP contribution in [0.1, 0.15) is 26.3 Å². The Balaban J connectivity index is 3.60. The third-order valence-corrected chi connectivity index (χ3v) is 2.05. The monoisotopic (exact) mass is 223 g/mol. The maximum Gasteiger partial charge on any atom is 0.256 e. The fourth-order valence-electron chi connectivity index (χ4n) is 1.19. The highest BCUT2D eigenvalue weighted by Gasteiger charge is 2.18. The zero-order valence-corrected chi connectivity index (χ0v) is 8.54. The van der Waals surface area contributed by atoms with E-state index in [-0.39, 0.29) is 22.4 Å². The number of hydrogen-bond acceptors (Lipinski definition) is 4. The van der Waals surface area contributed by atoms with Gasteiger partial charge in [-0.25, -0.2) is 0 Å². The maximum atomic E-state index is 11.1. The van der Waals surface area contributed by atoms with Crippen LogP contribution in [-0.2, 0) is 0 Å². The van der Waals surface area contributed by atoms with Crippen LogP contribution in [0.25, 0.3) is 0 Å². The number of benzene rings is 1. The molecule has 0 aliphatic carbocycles. The minimum atomic E-state index is -0.828. The van der Waals surface area contributed by atoms with Crippen LogP contribution in [0.2, 0.25) is 0 Å². The van der Waals surface area contributed by atoms with Crippen molar-refractivity contribution in [3.05, 3.63) is 28.8 Å². The van der Waals surface area contributed by atoms with Gasteiger partial charge in [-0.05, 0) is 23.7 Å². The Morgan fingerprint density at radius 3 is 2.67 bits per heavy atom. The highest BCUT2D eigenvalue weighted by atomic mass is 35.5. The van der Waals surface area contributed by atoms with E-state index in [4.69, 9.17) is 21.6 Å². The topological polar surface area (TPSA) is 67.2 Å². The molecule has 0 aromatic heterocycles. The first-order chi connectivity index (χ1) is 7.15. The van der Waals surface area contributed by atoms with Gasteiger partial charge >= 0.3 is 0 Å². The van der Waals surface area contributed by atoms with E-state index < -0.39 is 5.24 Å². The van der Waals surface area contributed by atoms with Gasteiger partial charge in [0.05, 0.1) is 24.3 Å². The number of hydrogen-bond donors (Lipinski definition) is 0. The van der Waals surface area contributed by atoms with E-state index >= 15 is 0 Å². The molecule has 5 heteroatoms. The Morgan fingerprint density at radius 1 is 1.60 bits per heavy atom. The molecule has 15 heavy (non-hydrogen) atoms. The molecule has 0 amide bonds. The number of ether oxygens (including phenoxy) is 1. The molecule has 0 unspecified atom stereocenters. The van der Waals surface area contributed by atoms with Crippen LogP contribution in [0.15, 0.2) is 12.1 Å². The summed E-state index contributed by atoms with van der Waals surface area (Å²) in [6.07, 6.45) is 0.413. The van der Waals surface area contributed by atoms with Crippen molar-refractivity contribution in [2.45, 2.75) is 0 Å². The fraction of sp³-hybridized carbons (Fsp3) is 0.100. The maximum absolute atomic E-state index is 11.1. The van der Waals surface area contributed by atoms with Crippen LogP contribution in [0.3, 0.4) is 0 Å².